The highest BCUT2D eigenvalue weighted by Gasteiger charge is 2.04. The summed E-state index contributed by atoms with van der Waals surface area (Å²) in [5.74, 6) is 7.01. The average molecular weight is 273 g/mol. The second kappa shape index (κ2) is 6.65. The van der Waals surface area contributed by atoms with Crippen LogP contribution in [0.2, 0.25) is 0 Å². The van der Waals surface area contributed by atoms with E-state index >= 15 is 0 Å². The maximum Gasteiger partial charge on any atom is 0.0555 e. The van der Waals surface area contributed by atoms with Gasteiger partial charge in [0.05, 0.1) is 6.54 Å². The lowest BCUT2D eigenvalue weighted by atomic mass is 10.2. The summed E-state index contributed by atoms with van der Waals surface area (Å²) in [5.41, 5.74) is 7.85. The summed E-state index contributed by atoms with van der Waals surface area (Å²) in [6, 6.07) is 10.5. The summed E-state index contributed by atoms with van der Waals surface area (Å²) < 4.78 is 0. The maximum absolute atomic E-state index is 5.40. The van der Waals surface area contributed by atoms with Gasteiger partial charge in [0.25, 0.3) is 0 Å². The Balaban J connectivity index is 2.07. The Morgan fingerprint density at radius 3 is 2.89 bits per heavy atom. The minimum atomic E-state index is 0.417. The van der Waals surface area contributed by atoms with Crippen LogP contribution >= 0.6 is 23.1 Å². The lowest BCUT2D eigenvalue weighted by molar-refractivity contribution is 1.29. The molecule has 0 radical (unpaired) electrons. The fraction of sp³-hybridized carbons (Fsp3) is 0.200. The fourth-order valence-electron chi connectivity index (χ4n) is 1.57. The van der Waals surface area contributed by atoms with E-state index in [4.69, 9.17) is 5.73 Å². The van der Waals surface area contributed by atoms with E-state index in [1.807, 2.05) is 11.8 Å². The van der Waals surface area contributed by atoms with Gasteiger partial charge in [0.15, 0.2) is 0 Å². The standard InChI is InChI=1S/C15H15NS2/c1-12-5-2-3-7-14(12)18-11-15-13(6-4-9-16)8-10-17-15/h2-3,5,7-8,10H,9,11,16H2,1H3. The fourth-order valence-corrected chi connectivity index (χ4v) is 3.55. The van der Waals surface area contributed by atoms with Gasteiger partial charge < -0.3 is 5.73 Å². The molecule has 0 saturated carbocycles. The molecule has 0 fully saturated rings. The molecule has 1 nitrogen and oxygen atoms in total. The van der Waals surface area contributed by atoms with Crippen LogP contribution in [0.1, 0.15) is 16.0 Å². The number of benzene rings is 1. The molecule has 0 aliphatic carbocycles. The minimum absolute atomic E-state index is 0.417. The minimum Gasteiger partial charge on any atom is -0.320 e. The quantitative estimate of drug-likeness (QED) is 0.682. The van der Waals surface area contributed by atoms with Gasteiger partial charge >= 0.3 is 0 Å². The molecule has 0 amide bonds. The van der Waals surface area contributed by atoms with Crippen LogP contribution in [0.15, 0.2) is 40.6 Å². The molecule has 3 heteroatoms. The van der Waals surface area contributed by atoms with Crippen LogP contribution in [0.3, 0.4) is 0 Å². The maximum atomic E-state index is 5.40. The van der Waals surface area contributed by atoms with Crippen LogP contribution in [0.4, 0.5) is 0 Å². The second-order valence-corrected chi connectivity index (χ2v) is 5.84. The van der Waals surface area contributed by atoms with Gasteiger partial charge in [-0.3, -0.25) is 0 Å². The molecule has 1 aromatic carbocycles. The first kappa shape index (κ1) is 13.2. The van der Waals surface area contributed by atoms with Crippen molar-refractivity contribution in [2.45, 2.75) is 17.6 Å². The van der Waals surface area contributed by atoms with Gasteiger partial charge in [-0.1, -0.05) is 30.0 Å². The molecular weight excluding hydrogens is 258 g/mol. The van der Waals surface area contributed by atoms with Crippen LogP contribution in [-0.2, 0) is 5.75 Å². The zero-order chi connectivity index (χ0) is 12.8. The first-order chi connectivity index (χ1) is 8.81. The molecule has 1 heterocycles. The van der Waals surface area contributed by atoms with E-state index in [2.05, 4.69) is 54.5 Å². The third-order valence-corrected chi connectivity index (χ3v) is 4.83. The molecule has 0 spiro atoms. The highest BCUT2D eigenvalue weighted by atomic mass is 32.2. The van der Waals surface area contributed by atoms with E-state index in [0.717, 1.165) is 11.3 Å². The van der Waals surface area contributed by atoms with Crippen LogP contribution in [0, 0.1) is 18.8 Å². The molecule has 1 aromatic heterocycles. The summed E-state index contributed by atoms with van der Waals surface area (Å²) in [6.07, 6.45) is 0. The largest absolute Gasteiger partial charge is 0.320 e. The number of hydrogen-bond donors (Lipinski definition) is 1. The van der Waals surface area contributed by atoms with Gasteiger partial charge in [0.1, 0.15) is 0 Å². The van der Waals surface area contributed by atoms with Crippen molar-refractivity contribution in [3.05, 3.63) is 51.7 Å². The highest BCUT2D eigenvalue weighted by molar-refractivity contribution is 7.98. The second-order valence-electron chi connectivity index (χ2n) is 3.82. The molecule has 18 heavy (non-hydrogen) atoms. The molecule has 2 rings (SSSR count). The number of nitrogens with two attached hydrogens (primary N) is 1. The Bertz CT molecular complexity index is 575. The summed E-state index contributed by atoms with van der Waals surface area (Å²) >= 11 is 3.62. The van der Waals surface area contributed by atoms with Crippen molar-refractivity contribution in [1.82, 2.24) is 0 Å². The molecule has 92 valence electrons. The van der Waals surface area contributed by atoms with Crippen molar-refractivity contribution in [2.75, 3.05) is 6.54 Å². The van der Waals surface area contributed by atoms with E-state index in [1.165, 1.54) is 15.3 Å². The Labute approximate surface area is 116 Å². The first-order valence-corrected chi connectivity index (χ1v) is 7.61. The zero-order valence-corrected chi connectivity index (χ0v) is 11.9. The van der Waals surface area contributed by atoms with E-state index < -0.39 is 0 Å². The van der Waals surface area contributed by atoms with Crippen LogP contribution in [0.5, 0.6) is 0 Å². The topological polar surface area (TPSA) is 26.0 Å². The van der Waals surface area contributed by atoms with Crippen LogP contribution in [-0.4, -0.2) is 6.54 Å². The average Bonchev–Trinajstić information content (AvgIpc) is 2.83. The molecule has 0 aliphatic rings. The van der Waals surface area contributed by atoms with Crippen molar-refractivity contribution in [3.63, 3.8) is 0 Å². The van der Waals surface area contributed by atoms with Crippen molar-refractivity contribution in [3.8, 4) is 11.8 Å². The number of aryl methyl sites for hydroxylation is 1. The van der Waals surface area contributed by atoms with Crippen molar-refractivity contribution in [1.29, 1.82) is 0 Å². The number of thiophene rings is 1. The lowest BCUT2D eigenvalue weighted by Gasteiger charge is -2.04. The predicted molar refractivity (Wildman–Crippen MR) is 81.0 cm³/mol. The summed E-state index contributed by atoms with van der Waals surface area (Å²) in [5, 5.41) is 2.09. The molecule has 0 bridgehead atoms. The van der Waals surface area contributed by atoms with Crippen LogP contribution in [0.25, 0.3) is 0 Å². The number of rotatable bonds is 3. The van der Waals surface area contributed by atoms with Gasteiger partial charge in [-0.05, 0) is 30.0 Å². The molecular formula is C15H15NS2. The van der Waals surface area contributed by atoms with Crippen molar-refractivity contribution >= 4 is 23.1 Å². The molecule has 2 aromatic rings. The molecule has 0 saturated heterocycles. The summed E-state index contributed by atoms with van der Waals surface area (Å²) in [6.45, 7) is 2.56. The number of hydrogen-bond acceptors (Lipinski definition) is 3. The summed E-state index contributed by atoms with van der Waals surface area (Å²) in [4.78, 5) is 2.66. The Morgan fingerprint density at radius 2 is 2.11 bits per heavy atom. The Morgan fingerprint density at radius 1 is 1.28 bits per heavy atom. The van der Waals surface area contributed by atoms with Gasteiger partial charge in [-0.25, -0.2) is 0 Å². The van der Waals surface area contributed by atoms with Gasteiger partial charge in [0.2, 0.25) is 0 Å². The SMILES string of the molecule is Cc1ccccc1SCc1sccc1C#CCN. The third-order valence-electron chi connectivity index (χ3n) is 2.52. The third kappa shape index (κ3) is 3.39. The Kier molecular flexibility index (Phi) is 4.89. The predicted octanol–water partition coefficient (Wildman–Crippen LogP) is 3.66. The smallest absolute Gasteiger partial charge is 0.0555 e. The molecule has 0 aliphatic heterocycles. The highest BCUT2D eigenvalue weighted by Crippen LogP contribution is 2.29. The van der Waals surface area contributed by atoms with Gasteiger partial charge in [-0.15, -0.1) is 23.1 Å². The van der Waals surface area contributed by atoms with E-state index in [9.17, 15) is 0 Å². The normalized spacial score (nSPS) is 9.89. The van der Waals surface area contributed by atoms with E-state index in [-0.39, 0.29) is 0 Å². The van der Waals surface area contributed by atoms with Crippen molar-refractivity contribution < 1.29 is 0 Å². The van der Waals surface area contributed by atoms with E-state index in [1.54, 1.807) is 11.3 Å². The molecule has 0 atom stereocenters. The zero-order valence-electron chi connectivity index (χ0n) is 10.3. The molecule has 0 unspecified atom stereocenters. The summed E-state index contributed by atoms with van der Waals surface area (Å²) in [7, 11) is 0. The van der Waals surface area contributed by atoms with Gasteiger partial charge in [-0.2, -0.15) is 0 Å². The van der Waals surface area contributed by atoms with E-state index in [0.29, 0.717) is 6.54 Å². The molecule has 2 N–H and O–H groups in total. The first-order valence-electron chi connectivity index (χ1n) is 5.75. The van der Waals surface area contributed by atoms with Crippen LogP contribution < -0.4 is 5.73 Å². The number of thioether (sulfide) groups is 1. The van der Waals surface area contributed by atoms with Gasteiger partial charge in [0, 0.05) is 21.1 Å². The lowest BCUT2D eigenvalue weighted by Crippen LogP contribution is -1.93. The monoisotopic (exact) mass is 273 g/mol. The Hall–Kier alpha value is -1.21. The van der Waals surface area contributed by atoms with Crippen molar-refractivity contribution in [2.24, 2.45) is 5.73 Å².